The first kappa shape index (κ1) is 26.7. The molecule has 1 saturated heterocycles. The number of rotatable bonds is 8. The van der Waals surface area contributed by atoms with Gasteiger partial charge in [-0.15, -0.1) is 0 Å². The van der Waals surface area contributed by atoms with Gasteiger partial charge in [-0.05, 0) is 104 Å². The van der Waals surface area contributed by atoms with Crippen molar-refractivity contribution in [2.24, 2.45) is 5.73 Å². The van der Waals surface area contributed by atoms with Gasteiger partial charge in [-0.25, -0.2) is 4.79 Å². The van der Waals surface area contributed by atoms with Crippen molar-refractivity contribution in [1.82, 2.24) is 10.2 Å². The maximum atomic E-state index is 13.2. The Bertz CT molecular complexity index is 1400. The summed E-state index contributed by atoms with van der Waals surface area (Å²) >= 11 is 0. The number of carboxylic acid groups (broad SMARTS) is 1. The van der Waals surface area contributed by atoms with Crippen molar-refractivity contribution in [1.29, 1.82) is 0 Å². The summed E-state index contributed by atoms with van der Waals surface area (Å²) in [5.41, 5.74) is 9.57. The second-order valence-electron chi connectivity index (χ2n) is 9.72. The average Bonchev–Trinajstić information content (AvgIpc) is 3.31. The number of benzene rings is 3. The molecule has 2 atom stereocenters. The molecule has 4 rings (SSSR count). The van der Waals surface area contributed by atoms with E-state index in [1.54, 1.807) is 37.3 Å². The summed E-state index contributed by atoms with van der Waals surface area (Å²) in [6, 6.07) is 13.9. The molecule has 6 N–H and O–H groups in total. The van der Waals surface area contributed by atoms with Gasteiger partial charge in [0.2, 0.25) is 11.8 Å². The molecular weight excluding hydrogens is 486 g/mol. The number of phenols is 2. The van der Waals surface area contributed by atoms with E-state index >= 15 is 0 Å². The van der Waals surface area contributed by atoms with Gasteiger partial charge < -0.3 is 26.4 Å². The van der Waals surface area contributed by atoms with Crippen LogP contribution in [0.2, 0.25) is 0 Å². The van der Waals surface area contributed by atoms with E-state index in [9.17, 15) is 24.6 Å². The van der Waals surface area contributed by atoms with Gasteiger partial charge in [0.05, 0.1) is 12.1 Å². The molecule has 38 heavy (non-hydrogen) atoms. The SMILES string of the molecule is Cc1cc(C(N)=O)ccc1-c1cc(O)cc(CN2CCCC2C(=O)N[C@@H](C)c2ccc(C(=O)O)c(O)c2)c1. The first-order valence-corrected chi connectivity index (χ1v) is 12.4. The van der Waals surface area contributed by atoms with Gasteiger partial charge in [0, 0.05) is 12.1 Å². The number of primary amides is 1. The molecule has 0 aliphatic carbocycles. The molecule has 2 amide bonds. The molecule has 0 radical (unpaired) electrons. The second-order valence-corrected chi connectivity index (χ2v) is 9.72. The fraction of sp³-hybridized carbons (Fsp3) is 0.276. The van der Waals surface area contributed by atoms with Crippen molar-refractivity contribution in [3.63, 3.8) is 0 Å². The molecule has 0 spiro atoms. The topological polar surface area (TPSA) is 153 Å². The smallest absolute Gasteiger partial charge is 0.339 e. The van der Waals surface area contributed by atoms with Crippen molar-refractivity contribution in [2.75, 3.05) is 6.54 Å². The quantitative estimate of drug-likeness (QED) is 0.305. The summed E-state index contributed by atoms with van der Waals surface area (Å²) < 4.78 is 0. The highest BCUT2D eigenvalue weighted by molar-refractivity contribution is 5.94. The highest BCUT2D eigenvalue weighted by Crippen LogP contribution is 2.31. The van der Waals surface area contributed by atoms with E-state index in [1.165, 1.54) is 12.1 Å². The van der Waals surface area contributed by atoms with E-state index in [-0.39, 0.29) is 29.0 Å². The van der Waals surface area contributed by atoms with Crippen molar-refractivity contribution in [3.05, 3.63) is 82.4 Å². The number of nitrogens with two attached hydrogens (primary N) is 1. The number of hydrogen-bond donors (Lipinski definition) is 5. The molecular formula is C29H31N3O6. The lowest BCUT2D eigenvalue weighted by atomic mass is 9.96. The number of carboxylic acids is 1. The number of nitrogens with zero attached hydrogens (tertiary/aromatic N) is 1. The number of carbonyl (C=O) groups is 3. The molecule has 0 bridgehead atoms. The number of carbonyl (C=O) groups excluding carboxylic acids is 2. The van der Waals surface area contributed by atoms with Gasteiger partial charge in [0.25, 0.3) is 0 Å². The maximum Gasteiger partial charge on any atom is 0.339 e. The Morgan fingerprint density at radius 2 is 1.84 bits per heavy atom. The number of aromatic hydroxyl groups is 2. The predicted octanol–water partition coefficient (Wildman–Crippen LogP) is 3.71. The number of aryl methyl sites for hydroxylation is 1. The van der Waals surface area contributed by atoms with E-state index in [1.807, 2.05) is 19.1 Å². The number of phenolic OH excluding ortho intramolecular Hbond substituents is 1. The molecule has 9 heteroatoms. The Balaban J connectivity index is 1.48. The van der Waals surface area contributed by atoms with Crippen LogP contribution >= 0.6 is 0 Å². The number of amides is 2. The summed E-state index contributed by atoms with van der Waals surface area (Å²) in [6.45, 7) is 4.83. The first-order valence-electron chi connectivity index (χ1n) is 12.4. The molecule has 1 fully saturated rings. The monoisotopic (exact) mass is 517 g/mol. The van der Waals surface area contributed by atoms with Crippen LogP contribution in [0.25, 0.3) is 11.1 Å². The fourth-order valence-electron chi connectivity index (χ4n) is 5.00. The first-order chi connectivity index (χ1) is 18.0. The molecule has 198 valence electrons. The van der Waals surface area contributed by atoms with Gasteiger partial charge in [0.15, 0.2) is 0 Å². The lowest BCUT2D eigenvalue weighted by Crippen LogP contribution is -2.43. The van der Waals surface area contributed by atoms with Gasteiger partial charge >= 0.3 is 5.97 Å². The summed E-state index contributed by atoms with van der Waals surface area (Å²) in [5.74, 6) is -2.12. The van der Waals surface area contributed by atoms with Crippen molar-refractivity contribution in [2.45, 2.75) is 45.3 Å². The minimum absolute atomic E-state index is 0.106. The number of likely N-dealkylation sites (tertiary alicyclic amines) is 1. The summed E-state index contributed by atoms with van der Waals surface area (Å²) in [5, 5.41) is 32.5. The zero-order chi connectivity index (χ0) is 27.6. The fourth-order valence-corrected chi connectivity index (χ4v) is 5.00. The number of hydrogen-bond acceptors (Lipinski definition) is 6. The predicted molar refractivity (Wildman–Crippen MR) is 142 cm³/mol. The van der Waals surface area contributed by atoms with E-state index in [0.29, 0.717) is 24.1 Å². The number of nitrogens with one attached hydrogen (secondary N) is 1. The van der Waals surface area contributed by atoms with E-state index in [0.717, 1.165) is 35.2 Å². The molecule has 1 heterocycles. The minimum Gasteiger partial charge on any atom is -0.508 e. The summed E-state index contributed by atoms with van der Waals surface area (Å²) in [6.07, 6.45) is 1.53. The van der Waals surface area contributed by atoms with Crippen LogP contribution in [-0.2, 0) is 11.3 Å². The van der Waals surface area contributed by atoms with Crippen LogP contribution in [0.1, 0.15) is 63.2 Å². The Kier molecular flexibility index (Phi) is 7.68. The zero-order valence-electron chi connectivity index (χ0n) is 21.3. The molecule has 9 nitrogen and oxygen atoms in total. The third kappa shape index (κ3) is 5.78. The minimum atomic E-state index is -1.22. The lowest BCUT2D eigenvalue weighted by molar-refractivity contribution is -0.126. The van der Waals surface area contributed by atoms with Crippen molar-refractivity contribution in [3.8, 4) is 22.6 Å². The van der Waals surface area contributed by atoms with Crippen LogP contribution in [0.3, 0.4) is 0 Å². The van der Waals surface area contributed by atoms with Crippen LogP contribution in [-0.4, -0.2) is 50.6 Å². The summed E-state index contributed by atoms with van der Waals surface area (Å²) in [4.78, 5) is 37.9. The molecule has 0 saturated carbocycles. The normalized spacial score (nSPS) is 16.2. The van der Waals surface area contributed by atoms with Crippen LogP contribution in [0.15, 0.2) is 54.6 Å². The zero-order valence-corrected chi connectivity index (χ0v) is 21.3. The van der Waals surface area contributed by atoms with E-state index in [2.05, 4.69) is 10.2 Å². The molecule has 1 aliphatic rings. The lowest BCUT2D eigenvalue weighted by Gasteiger charge is -2.26. The summed E-state index contributed by atoms with van der Waals surface area (Å²) in [7, 11) is 0. The highest BCUT2D eigenvalue weighted by Gasteiger charge is 2.31. The van der Waals surface area contributed by atoms with Gasteiger partial charge in [-0.3, -0.25) is 14.5 Å². The Morgan fingerprint density at radius 3 is 2.50 bits per heavy atom. The molecule has 0 aromatic heterocycles. The Labute approximate surface area is 220 Å². The van der Waals surface area contributed by atoms with Gasteiger partial charge in [-0.2, -0.15) is 0 Å². The van der Waals surface area contributed by atoms with Gasteiger partial charge in [0.1, 0.15) is 17.1 Å². The third-order valence-corrected chi connectivity index (χ3v) is 6.96. The largest absolute Gasteiger partial charge is 0.508 e. The van der Waals surface area contributed by atoms with Crippen LogP contribution in [0.5, 0.6) is 11.5 Å². The Hall–Kier alpha value is -4.37. The van der Waals surface area contributed by atoms with Gasteiger partial charge in [-0.1, -0.05) is 12.1 Å². The van der Waals surface area contributed by atoms with Crippen LogP contribution in [0, 0.1) is 6.92 Å². The Morgan fingerprint density at radius 1 is 1.08 bits per heavy atom. The average molecular weight is 518 g/mol. The standard InChI is InChI=1S/C29H31N3O6/c1-16-10-20(27(30)35)6-7-23(16)21-11-18(12-22(33)13-21)15-32-9-3-4-25(32)28(36)31-17(2)19-5-8-24(29(37)38)26(34)14-19/h5-8,10-14,17,25,33-34H,3-4,9,15H2,1-2H3,(H2,30,35)(H,31,36)(H,37,38)/t17-,25?/m0/s1. The van der Waals surface area contributed by atoms with E-state index in [4.69, 9.17) is 10.8 Å². The molecule has 3 aromatic rings. The third-order valence-electron chi connectivity index (χ3n) is 6.96. The molecule has 1 unspecified atom stereocenters. The van der Waals surface area contributed by atoms with Crippen LogP contribution in [0.4, 0.5) is 0 Å². The van der Waals surface area contributed by atoms with Crippen LogP contribution < -0.4 is 11.1 Å². The van der Waals surface area contributed by atoms with E-state index < -0.39 is 17.9 Å². The van der Waals surface area contributed by atoms with Crippen molar-refractivity contribution >= 4 is 17.8 Å². The highest BCUT2D eigenvalue weighted by atomic mass is 16.4. The molecule has 1 aliphatic heterocycles. The molecule has 3 aromatic carbocycles. The van der Waals surface area contributed by atoms with Crippen molar-refractivity contribution < 1.29 is 29.7 Å². The number of aromatic carboxylic acids is 1. The maximum absolute atomic E-state index is 13.2. The second kappa shape index (κ2) is 10.9.